The highest BCUT2D eigenvalue weighted by atomic mass is 15.3. The molecule has 0 aliphatic heterocycles. The first kappa shape index (κ1) is 14.8. The molecular formula is C14H26N6. The van der Waals surface area contributed by atoms with Gasteiger partial charge in [-0.3, -0.25) is 0 Å². The van der Waals surface area contributed by atoms with Crippen molar-refractivity contribution in [1.29, 1.82) is 0 Å². The van der Waals surface area contributed by atoms with E-state index in [1.165, 1.54) is 0 Å². The largest absolute Gasteiger partial charge is 0.357 e. The van der Waals surface area contributed by atoms with Gasteiger partial charge >= 0.3 is 0 Å². The number of nitrogens with one attached hydrogen (secondary N) is 2. The van der Waals surface area contributed by atoms with E-state index in [0.717, 1.165) is 6.54 Å². The fourth-order valence-electron chi connectivity index (χ4n) is 2.79. The van der Waals surface area contributed by atoms with Crippen molar-refractivity contribution in [2.75, 3.05) is 43.2 Å². The summed E-state index contributed by atoms with van der Waals surface area (Å²) >= 11 is 0. The number of nitrogens with zero attached hydrogens (tertiary/aromatic N) is 4. The predicted molar refractivity (Wildman–Crippen MR) is 83.2 cm³/mol. The van der Waals surface area contributed by atoms with E-state index in [9.17, 15) is 0 Å². The fraction of sp³-hybridized carbons (Fsp3) is 0.786. The Hall–Kier alpha value is -1.59. The van der Waals surface area contributed by atoms with Gasteiger partial charge in [-0.05, 0) is 16.7 Å². The van der Waals surface area contributed by atoms with Gasteiger partial charge in [-0.2, -0.15) is 15.0 Å². The van der Waals surface area contributed by atoms with Crippen LogP contribution in [0.1, 0.15) is 27.7 Å². The zero-order valence-electron chi connectivity index (χ0n) is 13.6. The van der Waals surface area contributed by atoms with E-state index in [-0.39, 0.29) is 0 Å². The molecule has 0 saturated heterocycles. The summed E-state index contributed by atoms with van der Waals surface area (Å²) in [5.74, 6) is 2.50. The van der Waals surface area contributed by atoms with Gasteiger partial charge in [-0.15, -0.1) is 0 Å². The van der Waals surface area contributed by atoms with Gasteiger partial charge in [0.2, 0.25) is 17.8 Å². The highest BCUT2D eigenvalue weighted by molar-refractivity contribution is 5.42. The van der Waals surface area contributed by atoms with Gasteiger partial charge in [0.25, 0.3) is 0 Å². The zero-order valence-corrected chi connectivity index (χ0v) is 13.6. The number of hydrogen-bond donors (Lipinski definition) is 2. The molecule has 0 unspecified atom stereocenters. The highest BCUT2D eigenvalue weighted by Crippen LogP contribution is 2.68. The quantitative estimate of drug-likeness (QED) is 0.859. The minimum Gasteiger partial charge on any atom is -0.357 e. The topological polar surface area (TPSA) is 66.0 Å². The molecule has 1 fully saturated rings. The fourth-order valence-corrected chi connectivity index (χ4v) is 2.79. The second kappa shape index (κ2) is 4.75. The minimum absolute atomic E-state index is 0.364. The van der Waals surface area contributed by atoms with Crippen LogP contribution in [0.3, 0.4) is 0 Å². The van der Waals surface area contributed by atoms with Crippen LogP contribution in [-0.4, -0.2) is 42.6 Å². The molecule has 0 aromatic carbocycles. The lowest BCUT2D eigenvalue weighted by Crippen LogP contribution is -2.17. The van der Waals surface area contributed by atoms with Crippen LogP contribution in [-0.2, 0) is 0 Å². The molecule has 2 rings (SSSR count). The van der Waals surface area contributed by atoms with E-state index in [1.54, 1.807) is 0 Å². The molecule has 0 bridgehead atoms. The molecule has 1 saturated carbocycles. The van der Waals surface area contributed by atoms with Gasteiger partial charge in [0, 0.05) is 27.7 Å². The number of anilines is 3. The van der Waals surface area contributed by atoms with Crippen molar-refractivity contribution >= 4 is 17.8 Å². The zero-order chi connectivity index (χ0) is 15.1. The Morgan fingerprint density at radius 3 is 2.00 bits per heavy atom. The van der Waals surface area contributed by atoms with E-state index in [2.05, 4.69) is 53.3 Å². The van der Waals surface area contributed by atoms with Crippen LogP contribution in [0, 0.1) is 16.7 Å². The monoisotopic (exact) mass is 278 g/mol. The Bertz CT molecular complexity index is 480. The molecule has 1 aromatic rings. The van der Waals surface area contributed by atoms with Crippen LogP contribution >= 0.6 is 0 Å². The second-order valence-corrected chi connectivity index (χ2v) is 6.80. The molecule has 2 N–H and O–H groups in total. The maximum absolute atomic E-state index is 4.43. The van der Waals surface area contributed by atoms with Crippen molar-refractivity contribution in [3.63, 3.8) is 0 Å². The van der Waals surface area contributed by atoms with Gasteiger partial charge in [0.15, 0.2) is 0 Å². The molecule has 0 spiro atoms. The lowest BCUT2D eigenvalue weighted by atomic mass is 10.0. The number of aromatic nitrogens is 3. The molecular weight excluding hydrogens is 252 g/mol. The average Bonchev–Trinajstić information content (AvgIpc) is 2.76. The first-order valence-corrected chi connectivity index (χ1v) is 7.05. The van der Waals surface area contributed by atoms with Gasteiger partial charge in [-0.1, -0.05) is 27.7 Å². The molecule has 1 heterocycles. The van der Waals surface area contributed by atoms with Crippen LogP contribution < -0.4 is 15.5 Å². The van der Waals surface area contributed by atoms with Gasteiger partial charge in [-0.25, -0.2) is 0 Å². The standard InChI is InChI=1S/C14H26N6/c1-13(2)9(14(13,3)4)8-16-11-17-10(15-5)18-12(19-11)20(6)7/h9H,8H2,1-7H3,(H2,15,16,17,18,19). The number of rotatable bonds is 5. The summed E-state index contributed by atoms with van der Waals surface area (Å²) in [6, 6.07) is 0. The molecule has 112 valence electrons. The van der Waals surface area contributed by atoms with E-state index in [4.69, 9.17) is 0 Å². The first-order chi connectivity index (χ1) is 9.20. The normalized spacial score (nSPS) is 19.6. The lowest BCUT2D eigenvalue weighted by Gasteiger charge is -2.13. The highest BCUT2D eigenvalue weighted by Gasteiger charge is 2.64. The number of hydrogen-bond acceptors (Lipinski definition) is 6. The maximum Gasteiger partial charge on any atom is 0.231 e. The Morgan fingerprint density at radius 2 is 1.55 bits per heavy atom. The van der Waals surface area contributed by atoms with E-state index < -0.39 is 0 Å². The Kier molecular flexibility index (Phi) is 3.52. The summed E-state index contributed by atoms with van der Waals surface area (Å²) in [7, 11) is 5.66. The summed E-state index contributed by atoms with van der Waals surface area (Å²) in [4.78, 5) is 15.0. The molecule has 6 heteroatoms. The Morgan fingerprint density at radius 1 is 1.00 bits per heavy atom. The Balaban J connectivity index is 2.09. The van der Waals surface area contributed by atoms with Crippen LogP contribution in [0.5, 0.6) is 0 Å². The molecule has 0 atom stereocenters. The van der Waals surface area contributed by atoms with Crippen molar-refractivity contribution < 1.29 is 0 Å². The summed E-state index contributed by atoms with van der Waals surface area (Å²) in [6.07, 6.45) is 0. The molecule has 1 aliphatic carbocycles. The average molecular weight is 278 g/mol. The van der Waals surface area contributed by atoms with Crippen LogP contribution in [0.2, 0.25) is 0 Å². The van der Waals surface area contributed by atoms with Crippen molar-refractivity contribution in [2.24, 2.45) is 16.7 Å². The maximum atomic E-state index is 4.43. The molecule has 1 aliphatic rings. The second-order valence-electron chi connectivity index (χ2n) is 6.80. The van der Waals surface area contributed by atoms with Gasteiger partial charge in [0.1, 0.15) is 0 Å². The summed E-state index contributed by atoms with van der Waals surface area (Å²) in [5.41, 5.74) is 0.729. The minimum atomic E-state index is 0.364. The van der Waals surface area contributed by atoms with Gasteiger partial charge in [0.05, 0.1) is 0 Å². The first-order valence-electron chi connectivity index (χ1n) is 7.05. The molecule has 6 nitrogen and oxygen atoms in total. The van der Waals surface area contributed by atoms with Crippen LogP contribution in [0.4, 0.5) is 17.8 Å². The van der Waals surface area contributed by atoms with Crippen LogP contribution in [0.15, 0.2) is 0 Å². The van der Waals surface area contributed by atoms with E-state index >= 15 is 0 Å². The Labute approximate surface area is 121 Å². The van der Waals surface area contributed by atoms with Crippen molar-refractivity contribution in [3.8, 4) is 0 Å². The molecule has 0 radical (unpaired) electrons. The van der Waals surface area contributed by atoms with Crippen molar-refractivity contribution in [3.05, 3.63) is 0 Å². The third-order valence-corrected chi connectivity index (χ3v) is 5.03. The van der Waals surface area contributed by atoms with E-state index in [1.807, 2.05) is 26.0 Å². The smallest absolute Gasteiger partial charge is 0.231 e. The predicted octanol–water partition coefficient (Wildman–Crippen LogP) is 2.07. The molecule has 20 heavy (non-hydrogen) atoms. The lowest BCUT2D eigenvalue weighted by molar-refractivity contribution is 0.457. The SMILES string of the molecule is CNc1nc(NCC2C(C)(C)C2(C)C)nc(N(C)C)n1. The third-order valence-electron chi connectivity index (χ3n) is 5.03. The van der Waals surface area contributed by atoms with Crippen molar-refractivity contribution in [1.82, 2.24) is 15.0 Å². The summed E-state index contributed by atoms with van der Waals surface area (Å²) < 4.78 is 0. The van der Waals surface area contributed by atoms with E-state index in [0.29, 0.717) is 34.6 Å². The van der Waals surface area contributed by atoms with Crippen molar-refractivity contribution in [2.45, 2.75) is 27.7 Å². The molecule has 0 amide bonds. The third kappa shape index (κ3) is 2.39. The summed E-state index contributed by atoms with van der Waals surface area (Å²) in [6.45, 7) is 10.2. The van der Waals surface area contributed by atoms with Crippen LogP contribution in [0.25, 0.3) is 0 Å². The van der Waals surface area contributed by atoms with Gasteiger partial charge < -0.3 is 15.5 Å². The molecule has 1 aromatic heterocycles. The summed E-state index contributed by atoms with van der Waals surface area (Å²) in [5, 5.41) is 6.33.